The van der Waals surface area contributed by atoms with E-state index < -0.39 is 0 Å². The van der Waals surface area contributed by atoms with Crippen molar-refractivity contribution in [2.24, 2.45) is 0 Å². The van der Waals surface area contributed by atoms with Crippen LogP contribution in [0.2, 0.25) is 0 Å². The summed E-state index contributed by atoms with van der Waals surface area (Å²) in [6.45, 7) is 1.69. The van der Waals surface area contributed by atoms with Crippen molar-refractivity contribution < 1.29 is 4.39 Å². The van der Waals surface area contributed by atoms with Gasteiger partial charge in [-0.15, -0.1) is 20.4 Å². The highest BCUT2D eigenvalue weighted by Crippen LogP contribution is 2.13. The van der Waals surface area contributed by atoms with E-state index in [-0.39, 0.29) is 5.82 Å². The minimum atomic E-state index is -0.327. The molecule has 1 aromatic heterocycles. The van der Waals surface area contributed by atoms with Gasteiger partial charge < -0.3 is 0 Å². The van der Waals surface area contributed by atoms with E-state index in [0.29, 0.717) is 17.2 Å². The predicted molar refractivity (Wildman–Crippen MR) is 47.8 cm³/mol. The van der Waals surface area contributed by atoms with Crippen LogP contribution in [0.5, 0.6) is 0 Å². The number of aryl methyl sites for hydroxylation is 1. The molecule has 0 radical (unpaired) electrons. The largest absolute Gasteiger partial charge is 0.207 e. The molecule has 0 unspecified atom stereocenters. The van der Waals surface area contributed by atoms with Crippen molar-refractivity contribution in [2.45, 2.75) is 6.92 Å². The maximum atomic E-state index is 12.8. The molecule has 0 saturated carbocycles. The van der Waals surface area contributed by atoms with E-state index >= 15 is 0 Å². The molecule has 1 heterocycles. The molecule has 0 fully saturated rings. The smallest absolute Gasteiger partial charge is 0.203 e. The number of halogens is 1. The molecule has 0 spiro atoms. The molecule has 0 atom stereocenters. The summed E-state index contributed by atoms with van der Waals surface area (Å²) in [7, 11) is 0. The van der Waals surface area contributed by atoms with Crippen molar-refractivity contribution >= 4 is 0 Å². The lowest BCUT2D eigenvalue weighted by Crippen LogP contribution is -1.98. The van der Waals surface area contributed by atoms with Crippen LogP contribution in [0.1, 0.15) is 5.82 Å². The van der Waals surface area contributed by atoms with E-state index in [0.717, 1.165) is 0 Å². The summed E-state index contributed by atoms with van der Waals surface area (Å²) < 4.78 is 12.8. The third kappa shape index (κ3) is 1.71. The molecule has 1 aromatic carbocycles. The zero-order chi connectivity index (χ0) is 9.97. The first-order valence-electron chi connectivity index (χ1n) is 4.05. The van der Waals surface area contributed by atoms with Gasteiger partial charge in [0.05, 0.1) is 0 Å². The highest BCUT2D eigenvalue weighted by atomic mass is 18.2. The average Bonchev–Trinajstić information content (AvgIpc) is 2.19. The molecule has 0 aliphatic carbocycles. The Balaban J connectivity index is 2.44. The third-order valence-electron chi connectivity index (χ3n) is 1.66. The summed E-state index contributed by atoms with van der Waals surface area (Å²) in [5.41, 5.74) is 0.574. The molecule has 4 nitrogen and oxygen atoms in total. The van der Waals surface area contributed by atoms with Gasteiger partial charge in [0, 0.05) is 5.56 Å². The SMILES string of the molecule is Cc1nnc(-c2cccc([18F])c2)nn1. The fourth-order valence-electron chi connectivity index (χ4n) is 1.02. The molecule has 14 heavy (non-hydrogen) atoms. The summed E-state index contributed by atoms with van der Waals surface area (Å²) in [5.74, 6) is 0.493. The van der Waals surface area contributed by atoms with Crippen molar-refractivity contribution in [1.29, 1.82) is 0 Å². The van der Waals surface area contributed by atoms with Gasteiger partial charge in [-0.1, -0.05) is 12.1 Å². The van der Waals surface area contributed by atoms with Gasteiger partial charge in [0.1, 0.15) is 5.82 Å². The summed E-state index contributed by atoms with van der Waals surface area (Å²) in [4.78, 5) is 0. The number of hydrogen-bond acceptors (Lipinski definition) is 4. The second-order valence-electron chi connectivity index (χ2n) is 2.78. The van der Waals surface area contributed by atoms with E-state index in [1.807, 2.05) is 0 Å². The molecule has 0 amide bonds. The zero-order valence-electron chi connectivity index (χ0n) is 7.48. The normalized spacial score (nSPS) is 10.1. The molecule has 0 bridgehead atoms. The van der Waals surface area contributed by atoms with Gasteiger partial charge in [0.15, 0.2) is 5.82 Å². The number of nitrogens with zero attached hydrogens (tertiary/aromatic N) is 4. The van der Waals surface area contributed by atoms with E-state index in [4.69, 9.17) is 0 Å². The fraction of sp³-hybridized carbons (Fsp3) is 0.111. The van der Waals surface area contributed by atoms with Crippen LogP contribution in [0.25, 0.3) is 11.4 Å². The van der Waals surface area contributed by atoms with E-state index in [1.54, 1.807) is 19.1 Å². The Bertz CT molecular complexity index is 441. The second kappa shape index (κ2) is 3.45. The molecule has 0 saturated heterocycles. The average molecular weight is 189 g/mol. The van der Waals surface area contributed by atoms with Crippen LogP contribution in [0.3, 0.4) is 0 Å². The number of hydrogen-bond donors (Lipinski definition) is 0. The van der Waals surface area contributed by atoms with E-state index in [2.05, 4.69) is 20.4 Å². The quantitative estimate of drug-likeness (QED) is 0.680. The summed E-state index contributed by atoms with van der Waals surface area (Å²) in [6, 6.07) is 6.00. The molecule has 5 heteroatoms. The Morgan fingerprint density at radius 2 is 1.79 bits per heavy atom. The highest BCUT2D eigenvalue weighted by molar-refractivity contribution is 5.53. The van der Waals surface area contributed by atoms with Crippen LogP contribution >= 0.6 is 0 Å². The first kappa shape index (κ1) is 8.68. The number of benzene rings is 1. The minimum absolute atomic E-state index is 0.327. The molecular weight excluding hydrogens is 182 g/mol. The minimum Gasteiger partial charge on any atom is -0.207 e. The van der Waals surface area contributed by atoms with Gasteiger partial charge in [0.2, 0.25) is 5.82 Å². The van der Waals surface area contributed by atoms with Gasteiger partial charge in [-0.25, -0.2) is 4.39 Å². The Morgan fingerprint density at radius 1 is 1.07 bits per heavy atom. The molecule has 2 aromatic rings. The Hall–Kier alpha value is -1.91. The summed E-state index contributed by atoms with van der Waals surface area (Å²) in [6.07, 6.45) is 0. The van der Waals surface area contributed by atoms with Crippen LogP contribution in [-0.2, 0) is 0 Å². The second-order valence-corrected chi connectivity index (χ2v) is 2.78. The maximum Gasteiger partial charge on any atom is 0.203 e. The monoisotopic (exact) mass is 189 g/mol. The standard InChI is InChI=1S/C9H7FN4/c1-6-11-13-9(14-12-6)7-3-2-4-8(10)5-7/h2-5H,1H3/i10-1. The molecule has 0 aliphatic rings. The van der Waals surface area contributed by atoms with Crippen LogP contribution < -0.4 is 0 Å². The lowest BCUT2D eigenvalue weighted by Gasteiger charge is -1.97. The molecule has 70 valence electrons. The van der Waals surface area contributed by atoms with E-state index in [9.17, 15) is 4.39 Å². The van der Waals surface area contributed by atoms with Crippen molar-refractivity contribution in [1.82, 2.24) is 20.4 Å². The Kier molecular flexibility index (Phi) is 2.14. The Morgan fingerprint density at radius 3 is 2.43 bits per heavy atom. The first-order chi connectivity index (χ1) is 6.75. The van der Waals surface area contributed by atoms with Crippen LogP contribution in [0, 0.1) is 12.7 Å². The third-order valence-corrected chi connectivity index (χ3v) is 1.66. The molecule has 0 N–H and O–H groups in total. The Labute approximate surface area is 79.8 Å². The van der Waals surface area contributed by atoms with Crippen molar-refractivity contribution in [3.63, 3.8) is 0 Å². The molecule has 2 rings (SSSR count). The topological polar surface area (TPSA) is 51.6 Å². The first-order valence-corrected chi connectivity index (χ1v) is 4.05. The van der Waals surface area contributed by atoms with Crippen LogP contribution in [-0.4, -0.2) is 20.4 Å². The summed E-state index contributed by atoms with van der Waals surface area (Å²) in [5, 5.41) is 15.1. The summed E-state index contributed by atoms with van der Waals surface area (Å²) >= 11 is 0. The fourth-order valence-corrected chi connectivity index (χ4v) is 1.02. The number of aromatic nitrogens is 4. The molecular formula is C9H7FN4. The lowest BCUT2D eigenvalue weighted by atomic mass is 10.2. The molecule has 0 aliphatic heterocycles. The van der Waals surface area contributed by atoms with Gasteiger partial charge in [-0.2, -0.15) is 0 Å². The predicted octanol–water partition coefficient (Wildman–Crippen LogP) is 1.38. The van der Waals surface area contributed by atoms with Gasteiger partial charge >= 0.3 is 0 Å². The van der Waals surface area contributed by atoms with Crippen LogP contribution in [0.15, 0.2) is 24.3 Å². The van der Waals surface area contributed by atoms with Gasteiger partial charge in [0.25, 0.3) is 0 Å². The number of rotatable bonds is 1. The maximum absolute atomic E-state index is 12.8. The van der Waals surface area contributed by atoms with Crippen molar-refractivity contribution in [3.05, 3.63) is 35.9 Å². The van der Waals surface area contributed by atoms with Gasteiger partial charge in [-0.05, 0) is 19.1 Å². The van der Waals surface area contributed by atoms with Gasteiger partial charge in [-0.3, -0.25) is 0 Å². The van der Waals surface area contributed by atoms with Crippen molar-refractivity contribution in [3.8, 4) is 11.4 Å². The van der Waals surface area contributed by atoms with Crippen LogP contribution in [0.4, 0.5) is 4.39 Å². The highest BCUT2D eigenvalue weighted by Gasteiger charge is 2.02. The van der Waals surface area contributed by atoms with E-state index in [1.165, 1.54) is 12.1 Å². The zero-order valence-corrected chi connectivity index (χ0v) is 7.48. The lowest BCUT2D eigenvalue weighted by molar-refractivity contribution is 0.628. The van der Waals surface area contributed by atoms with Crippen molar-refractivity contribution in [2.75, 3.05) is 0 Å².